The fourth-order valence-electron chi connectivity index (χ4n) is 1.50. The highest BCUT2D eigenvalue weighted by molar-refractivity contribution is 6.03. The predicted molar refractivity (Wildman–Crippen MR) is 70.7 cm³/mol. The number of benzene rings is 1. The van der Waals surface area contributed by atoms with Gasteiger partial charge in [-0.3, -0.25) is 4.79 Å². The summed E-state index contributed by atoms with van der Waals surface area (Å²) in [5.41, 5.74) is 0.975. The van der Waals surface area contributed by atoms with E-state index in [1.807, 2.05) is 0 Å². The molecular weight excluding hydrogens is 247 g/mol. The minimum Gasteiger partial charge on any atom is -0.372 e. The second kappa shape index (κ2) is 5.43. The van der Waals surface area contributed by atoms with Crippen LogP contribution >= 0.6 is 0 Å². The first-order chi connectivity index (χ1) is 9.11. The van der Waals surface area contributed by atoms with Crippen molar-refractivity contribution < 1.29 is 9.18 Å². The normalized spacial score (nSPS) is 10.1. The smallest absolute Gasteiger partial charge is 0.275 e. The Balaban J connectivity index is 2.18. The molecular formula is C13H13FN4O. The monoisotopic (exact) mass is 260 g/mol. The number of hydrogen-bond acceptors (Lipinski definition) is 4. The zero-order valence-electron chi connectivity index (χ0n) is 10.6. The number of nitrogens with one attached hydrogen (secondary N) is 2. The third-order valence-electron chi connectivity index (χ3n) is 2.66. The molecule has 0 aliphatic rings. The number of rotatable bonds is 3. The van der Waals surface area contributed by atoms with Crippen LogP contribution in [0.2, 0.25) is 0 Å². The Morgan fingerprint density at radius 1 is 1.26 bits per heavy atom. The Morgan fingerprint density at radius 3 is 2.68 bits per heavy atom. The van der Waals surface area contributed by atoms with Gasteiger partial charge in [0.05, 0.1) is 12.4 Å². The van der Waals surface area contributed by atoms with Crippen LogP contribution in [0.15, 0.2) is 30.6 Å². The van der Waals surface area contributed by atoms with E-state index in [4.69, 9.17) is 0 Å². The van der Waals surface area contributed by atoms with Crippen LogP contribution in [-0.4, -0.2) is 22.9 Å². The van der Waals surface area contributed by atoms with Gasteiger partial charge in [0.25, 0.3) is 5.91 Å². The summed E-state index contributed by atoms with van der Waals surface area (Å²) in [6.45, 7) is 1.60. The minimum absolute atomic E-state index is 0.169. The molecule has 1 aromatic carbocycles. The first-order valence-corrected chi connectivity index (χ1v) is 5.68. The van der Waals surface area contributed by atoms with Crippen molar-refractivity contribution >= 4 is 17.4 Å². The third kappa shape index (κ3) is 2.85. The number of aromatic nitrogens is 2. The van der Waals surface area contributed by atoms with Gasteiger partial charge in [-0.2, -0.15) is 0 Å². The molecule has 19 heavy (non-hydrogen) atoms. The lowest BCUT2D eigenvalue weighted by Gasteiger charge is -2.08. The molecule has 1 heterocycles. The van der Waals surface area contributed by atoms with Crippen molar-refractivity contribution in [2.75, 3.05) is 17.7 Å². The second-order valence-electron chi connectivity index (χ2n) is 3.90. The predicted octanol–water partition coefficient (Wildman–Crippen LogP) is 2.22. The molecule has 0 radical (unpaired) electrons. The van der Waals surface area contributed by atoms with E-state index in [1.165, 1.54) is 24.5 Å². The molecule has 0 aliphatic carbocycles. The van der Waals surface area contributed by atoms with Crippen LogP contribution in [0.1, 0.15) is 16.1 Å². The van der Waals surface area contributed by atoms with Gasteiger partial charge in [0.1, 0.15) is 17.3 Å². The summed E-state index contributed by atoms with van der Waals surface area (Å²) in [4.78, 5) is 19.9. The second-order valence-corrected chi connectivity index (χ2v) is 3.90. The first kappa shape index (κ1) is 12.9. The van der Waals surface area contributed by atoms with Crippen molar-refractivity contribution in [1.29, 1.82) is 0 Å². The lowest BCUT2D eigenvalue weighted by atomic mass is 10.2. The fourth-order valence-corrected chi connectivity index (χ4v) is 1.50. The third-order valence-corrected chi connectivity index (χ3v) is 2.66. The van der Waals surface area contributed by atoms with E-state index in [9.17, 15) is 9.18 Å². The van der Waals surface area contributed by atoms with Gasteiger partial charge in [-0.1, -0.05) is 6.07 Å². The molecule has 0 atom stereocenters. The zero-order chi connectivity index (χ0) is 13.8. The van der Waals surface area contributed by atoms with E-state index >= 15 is 0 Å². The van der Waals surface area contributed by atoms with Gasteiger partial charge in [-0.15, -0.1) is 0 Å². The van der Waals surface area contributed by atoms with Gasteiger partial charge in [0.2, 0.25) is 0 Å². The number of carbonyl (C=O) groups is 1. The minimum atomic E-state index is -0.427. The van der Waals surface area contributed by atoms with Crippen molar-refractivity contribution in [2.24, 2.45) is 0 Å². The number of halogens is 1. The largest absolute Gasteiger partial charge is 0.372 e. The van der Waals surface area contributed by atoms with Crippen LogP contribution < -0.4 is 10.6 Å². The molecule has 0 spiro atoms. The summed E-state index contributed by atoms with van der Waals surface area (Å²) in [7, 11) is 1.71. The fraction of sp³-hybridized carbons (Fsp3) is 0.154. The number of amides is 1. The highest BCUT2D eigenvalue weighted by Gasteiger charge is 2.11. The molecule has 0 aliphatic heterocycles. The summed E-state index contributed by atoms with van der Waals surface area (Å²) in [5, 5.41) is 5.41. The van der Waals surface area contributed by atoms with Crippen LogP contribution in [0.5, 0.6) is 0 Å². The summed E-state index contributed by atoms with van der Waals surface area (Å²) in [5.74, 6) is -0.225. The maximum Gasteiger partial charge on any atom is 0.275 e. The van der Waals surface area contributed by atoms with E-state index in [1.54, 1.807) is 20.0 Å². The van der Waals surface area contributed by atoms with Crippen LogP contribution in [0.3, 0.4) is 0 Å². The number of hydrogen-bond donors (Lipinski definition) is 2. The van der Waals surface area contributed by atoms with Crippen molar-refractivity contribution in [3.63, 3.8) is 0 Å². The average Bonchev–Trinajstić information content (AvgIpc) is 2.44. The van der Waals surface area contributed by atoms with Gasteiger partial charge in [-0.05, 0) is 19.1 Å². The Hall–Kier alpha value is -2.50. The average molecular weight is 260 g/mol. The van der Waals surface area contributed by atoms with Gasteiger partial charge < -0.3 is 10.6 Å². The number of carbonyl (C=O) groups excluding carboxylic acids is 1. The van der Waals surface area contributed by atoms with Gasteiger partial charge in [-0.25, -0.2) is 14.4 Å². The Kier molecular flexibility index (Phi) is 3.70. The molecule has 0 saturated heterocycles. The first-order valence-electron chi connectivity index (χ1n) is 5.68. The van der Waals surface area contributed by atoms with Crippen LogP contribution in [0.4, 0.5) is 15.9 Å². The molecule has 5 nitrogen and oxygen atoms in total. The van der Waals surface area contributed by atoms with Crippen LogP contribution in [-0.2, 0) is 0 Å². The van der Waals surface area contributed by atoms with Crippen LogP contribution in [0, 0.1) is 12.7 Å². The Morgan fingerprint density at radius 2 is 2.05 bits per heavy atom. The maximum absolute atomic E-state index is 13.3. The van der Waals surface area contributed by atoms with E-state index in [0.29, 0.717) is 17.1 Å². The van der Waals surface area contributed by atoms with E-state index < -0.39 is 5.91 Å². The van der Waals surface area contributed by atoms with Gasteiger partial charge >= 0.3 is 0 Å². The zero-order valence-corrected chi connectivity index (χ0v) is 10.6. The molecule has 1 aromatic heterocycles. The molecule has 0 fully saturated rings. The quantitative estimate of drug-likeness (QED) is 0.888. The summed E-state index contributed by atoms with van der Waals surface area (Å²) >= 11 is 0. The SMILES string of the molecule is CNc1cnc(C(=O)Nc2cccc(F)c2C)cn1. The molecule has 6 heteroatoms. The molecule has 1 amide bonds. The highest BCUT2D eigenvalue weighted by Crippen LogP contribution is 2.18. The lowest BCUT2D eigenvalue weighted by molar-refractivity contribution is 0.102. The lowest BCUT2D eigenvalue weighted by Crippen LogP contribution is -2.15. The standard InChI is InChI=1S/C13H13FN4O/c1-8-9(14)4-3-5-10(8)18-13(19)11-6-17-12(15-2)7-16-11/h3-7H,1-2H3,(H,15,17)(H,18,19). The molecule has 0 unspecified atom stereocenters. The summed E-state index contributed by atoms with van der Waals surface area (Å²) in [6, 6.07) is 4.51. The molecule has 0 saturated carbocycles. The van der Waals surface area contributed by atoms with Gasteiger partial charge in [0.15, 0.2) is 0 Å². The highest BCUT2D eigenvalue weighted by atomic mass is 19.1. The van der Waals surface area contributed by atoms with E-state index in [2.05, 4.69) is 20.6 Å². The molecule has 98 valence electrons. The Bertz CT molecular complexity index is 598. The van der Waals surface area contributed by atoms with Gasteiger partial charge in [0, 0.05) is 18.3 Å². The summed E-state index contributed by atoms with van der Waals surface area (Å²) < 4.78 is 13.3. The van der Waals surface area contributed by atoms with E-state index in [-0.39, 0.29) is 11.5 Å². The number of anilines is 2. The van der Waals surface area contributed by atoms with Crippen molar-refractivity contribution in [2.45, 2.75) is 6.92 Å². The van der Waals surface area contributed by atoms with Crippen molar-refractivity contribution in [1.82, 2.24) is 9.97 Å². The number of nitrogens with zero attached hydrogens (tertiary/aromatic N) is 2. The molecule has 2 rings (SSSR count). The molecule has 2 N–H and O–H groups in total. The topological polar surface area (TPSA) is 66.9 Å². The van der Waals surface area contributed by atoms with Crippen molar-refractivity contribution in [3.8, 4) is 0 Å². The molecule has 2 aromatic rings. The Labute approximate surface area is 109 Å². The molecule has 0 bridgehead atoms. The van der Waals surface area contributed by atoms with E-state index in [0.717, 1.165) is 0 Å². The summed E-state index contributed by atoms with van der Waals surface area (Å²) in [6.07, 6.45) is 2.81. The maximum atomic E-state index is 13.3. The van der Waals surface area contributed by atoms with Crippen LogP contribution in [0.25, 0.3) is 0 Å². The van der Waals surface area contributed by atoms with Crippen molar-refractivity contribution in [3.05, 3.63) is 47.7 Å².